The second-order valence-electron chi connectivity index (χ2n) is 7.87. The first kappa shape index (κ1) is 20.6. The zero-order chi connectivity index (χ0) is 22.0. The number of imidazole rings is 1. The van der Waals surface area contributed by atoms with Crippen molar-refractivity contribution in [2.24, 2.45) is 0 Å². The Morgan fingerprint density at radius 3 is 2.55 bits per heavy atom. The van der Waals surface area contributed by atoms with Crippen molar-refractivity contribution >= 4 is 28.9 Å². The molecule has 1 aliphatic rings. The Kier molecular flexibility index (Phi) is 5.70. The fraction of sp³-hybridized carbons (Fsp3) is 0.304. The number of imide groups is 1. The summed E-state index contributed by atoms with van der Waals surface area (Å²) in [4.78, 5) is 43.2. The van der Waals surface area contributed by atoms with Gasteiger partial charge in [-0.15, -0.1) is 0 Å². The summed E-state index contributed by atoms with van der Waals surface area (Å²) in [5, 5.41) is 5.45. The highest BCUT2D eigenvalue weighted by Gasteiger charge is 2.38. The molecule has 1 aliphatic heterocycles. The maximum absolute atomic E-state index is 12.6. The number of para-hydroxylation sites is 2. The summed E-state index contributed by atoms with van der Waals surface area (Å²) in [7, 11) is 0. The monoisotopic (exact) mass is 419 g/mol. The molecule has 31 heavy (non-hydrogen) atoms. The van der Waals surface area contributed by atoms with Gasteiger partial charge in [0.1, 0.15) is 11.9 Å². The number of hydrogen-bond donors (Lipinski definition) is 2. The van der Waals surface area contributed by atoms with Gasteiger partial charge in [-0.1, -0.05) is 42.5 Å². The average Bonchev–Trinajstić information content (AvgIpc) is 3.25. The van der Waals surface area contributed by atoms with E-state index in [-0.39, 0.29) is 31.5 Å². The van der Waals surface area contributed by atoms with Crippen molar-refractivity contribution in [1.29, 1.82) is 0 Å². The number of rotatable bonds is 7. The van der Waals surface area contributed by atoms with Crippen LogP contribution in [0.25, 0.3) is 11.0 Å². The lowest BCUT2D eigenvalue weighted by Gasteiger charge is -2.14. The molecule has 2 aromatic carbocycles. The Balaban J connectivity index is 1.38. The van der Waals surface area contributed by atoms with E-state index in [0.717, 1.165) is 27.3 Å². The maximum Gasteiger partial charge on any atom is 0.325 e. The third-order valence-corrected chi connectivity index (χ3v) is 5.31. The number of nitrogens with zero attached hydrogens (tertiary/aromatic N) is 3. The molecule has 2 N–H and O–H groups in total. The van der Waals surface area contributed by atoms with E-state index in [0.29, 0.717) is 0 Å². The molecular formula is C23H25N5O3. The van der Waals surface area contributed by atoms with E-state index in [2.05, 4.69) is 34.0 Å². The molecule has 3 aromatic rings. The lowest BCUT2D eigenvalue weighted by Crippen LogP contribution is -2.36. The predicted molar refractivity (Wildman–Crippen MR) is 116 cm³/mol. The van der Waals surface area contributed by atoms with E-state index < -0.39 is 18.0 Å². The summed E-state index contributed by atoms with van der Waals surface area (Å²) in [6.45, 7) is 4.55. The molecule has 4 rings (SSSR count). The van der Waals surface area contributed by atoms with Gasteiger partial charge in [-0.3, -0.25) is 14.5 Å². The van der Waals surface area contributed by atoms with E-state index >= 15 is 0 Å². The minimum Gasteiger partial charge on any atom is -0.349 e. The number of carbonyl (C=O) groups is 3. The largest absolute Gasteiger partial charge is 0.349 e. The summed E-state index contributed by atoms with van der Waals surface area (Å²) in [6.07, 6.45) is -0.113. The molecule has 160 valence electrons. The summed E-state index contributed by atoms with van der Waals surface area (Å²) in [5.41, 5.74) is 2.73. The second-order valence-corrected chi connectivity index (χ2v) is 7.87. The SMILES string of the molecule is CC(C)n1c(CNC(=O)C[C@@H]2NC(=O)N(Cc3ccccc3)C2=O)nc2ccccc21. The molecule has 0 spiro atoms. The molecule has 0 radical (unpaired) electrons. The van der Waals surface area contributed by atoms with Gasteiger partial charge in [0.25, 0.3) is 5.91 Å². The Bertz CT molecular complexity index is 1120. The predicted octanol–water partition coefficient (Wildman–Crippen LogP) is 2.74. The van der Waals surface area contributed by atoms with Crippen LogP contribution < -0.4 is 10.6 Å². The van der Waals surface area contributed by atoms with Crippen molar-refractivity contribution in [1.82, 2.24) is 25.1 Å². The van der Waals surface area contributed by atoms with Crippen LogP contribution in [-0.2, 0) is 22.7 Å². The molecule has 1 aromatic heterocycles. The molecular weight excluding hydrogens is 394 g/mol. The first-order valence-corrected chi connectivity index (χ1v) is 10.3. The molecule has 0 aliphatic carbocycles. The molecule has 1 saturated heterocycles. The molecule has 8 nitrogen and oxygen atoms in total. The number of aromatic nitrogens is 2. The fourth-order valence-corrected chi connectivity index (χ4v) is 3.86. The van der Waals surface area contributed by atoms with Gasteiger partial charge in [0, 0.05) is 6.04 Å². The maximum atomic E-state index is 12.6. The highest BCUT2D eigenvalue weighted by atomic mass is 16.2. The summed E-state index contributed by atoms with van der Waals surface area (Å²) in [5.74, 6) is 0.0398. The molecule has 4 amide bonds. The van der Waals surface area contributed by atoms with Crippen molar-refractivity contribution < 1.29 is 14.4 Å². The normalized spacial score (nSPS) is 16.2. The highest BCUT2D eigenvalue weighted by molar-refractivity contribution is 6.05. The van der Waals surface area contributed by atoms with Crippen LogP contribution >= 0.6 is 0 Å². The van der Waals surface area contributed by atoms with Crippen LogP contribution in [0.3, 0.4) is 0 Å². The quantitative estimate of drug-likeness (QED) is 0.576. The number of fused-ring (bicyclic) bond motifs is 1. The number of hydrogen-bond acceptors (Lipinski definition) is 4. The summed E-state index contributed by atoms with van der Waals surface area (Å²) in [6, 6.07) is 15.9. The Hall–Kier alpha value is -3.68. The number of carbonyl (C=O) groups excluding carboxylic acids is 3. The smallest absolute Gasteiger partial charge is 0.325 e. The zero-order valence-corrected chi connectivity index (χ0v) is 17.5. The van der Waals surface area contributed by atoms with Crippen molar-refractivity contribution in [2.75, 3.05) is 0 Å². The summed E-state index contributed by atoms with van der Waals surface area (Å²) >= 11 is 0. The van der Waals surface area contributed by atoms with Gasteiger partial charge in [0.15, 0.2) is 0 Å². The van der Waals surface area contributed by atoms with Gasteiger partial charge in [0.05, 0.1) is 30.5 Å². The minimum atomic E-state index is -0.861. The van der Waals surface area contributed by atoms with E-state index in [4.69, 9.17) is 0 Å². The standard InChI is InChI=1S/C23H25N5O3/c1-15(2)28-19-11-7-6-10-17(19)25-20(28)13-24-21(29)12-18-22(30)27(23(31)26-18)14-16-8-4-3-5-9-16/h3-11,15,18H,12-14H2,1-2H3,(H,24,29)(H,26,31)/t18-/m0/s1. The molecule has 2 heterocycles. The topological polar surface area (TPSA) is 96.3 Å². The van der Waals surface area contributed by atoms with Crippen LogP contribution in [0.15, 0.2) is 54.6 Å². The Morgan fingerprint density at radius 1 is 1.10 bits per heavy atom. The minimum absolute atomic E-state index is 0.113. The van der Waals surface area contributed by atoms with Crippen LogP contribution in [0.1, 0.15) is 37.7 Å². The highest BCUT2D eigenvalue weighted by Crippen LogP contribution is 2.21. The van der Waals surface area contributed by atoms with Crippen LogP contribution in [0.2, 0.25) is 0 Å². The van der Waals surface area contributed by atoms with Crippen LogP contribution in [0.4, 0.5) is 4.79 Å². The van der Waals surface area contributed by atoms with Crippen molar-refractivity contribution in [3.05, 3.63) is 66.0 Å². The van der Waals surface area contributed by atoms with Gasteiger partial charge in [0.2, 0.25) is 5.91 Å². The van der Waals surface area contributed by atoms with Crippen LogP contribution in [-0.4, -0.2) is 38.3 Å². The second kappa shape index (κ2) is 8.59. The van der Waals surface area contributed by atoms with Gasteiger partial charge in [-0.2, -0.15) is 0 Å². The van der Waals surface area contributed by atoms with E-state index in [1.807, 2.05) is 54.6 Å². The van der Waals surface area contributed by atoms with Crippen molar-refractivity contribution in [2.45, 2.75) is 45.4 Å². The molecule has 1 atom stereocenters. The molecule has 0 saturated carbocycles. The van der Waals surface area contributed by atoms with Gasteiger partial charge < -0.3 is 15.2 Å². The van der Waals surface area contributed by atoms with E-state index in [9.17, 15) is 14.4 Å². The number of amides is 4. The van der Waals surface area contributed by atoms with Crippen LogP contribution in [0, 0.1) is 0 Å². The Morgan fingerprint density at radius 2 is 1.81 bits per heavy atom. The van der Waals surface area contributed by atoms with Gasteiger partial charge >= 0.3 is 6.03 Å². The first-order valence-electron chi connectivity index (χ1n) is 10.3. The van der Waals surface area contributed by atoms with Gasteiger partial charge in [-0.25, -0.2) is 9.78 Å². The van der Waals surface area contributed by atoms with Gasteiger partial charge in [-0.05, 0) is 31.5 Å². The third kappa shape index (κ3) is 4.28. The molecule has 1 fully saturated rings. The molecule has 0 bridgehead atoms. The fourth-order valence-electron chi connectivity index (χ4n) is 3.86. The summed E-state index contributed by atoms with van der Waals surface area (Å²) < 4.78 is 2.08. The van der Waals surface area contributed by atoms with E-state index in [1.54, 1.807) is 0 Å². The Labute approximate surface area is 180 Å². The van der Waals surface area contributed by atoms with E-state index in [1.165, 1.54) is 0 Å². The van der Waals surface area contributed by atoms with Crippen molar-refractivity contribution in [3.8, 4) is 0 Å². The first-order chi connectivity index (χ1) is 14.9. The average molecular weight is 419 g/mol. The lowest BCUT2D eigenvalue weighted by molar-refractivity contribution is -0.131. The number of nitrogens with one attached hydrogen (secondary N) is 2. The molecule has 0 unspecified atom stereocenters. The van der Waals surface area contributed by atoms with Crippen molar-refractivity contribution in [3.63, 3.8) is 0 Å². The number of benzene rings is 2. The zero-order valence-electron chi connectivity index (χ0n) is 17.5. The molecule has 8 heteroatoms. The van der Waals surface area contributed by atoms with Crippen LogP contribution in [0.5, 0.6) is 0 Å². The lowest BCUT2D eigenvalue weighted by atomic mass is 10.1. The third-order valence-electron chi connectivity index (χ3n) is 5.31. The number of urea groups is 1.